The highest BCUT2D eigenvalue weighted by Crippen LogP contribution is 2.33. The van der Waals surface area contributed by atoms with Gasteiger partial charge in [0.2, 0.25) is 11.8 Å². The van der Waals surface area contributed by atoms with Crippen molar-refractivity contribution in [1.82, 2.24) is 20.4 Å². The summed E-state index contributed by atoms with van der Waals surface area (Å²) in [5.74, 6) is 0.389. The summed E-state index contributed by atoms with van der Waals surface area (Å²) in [6.45, 7) is 5.57. The SMILES string of the molecule is CN[C@@H](C)C(=O)N[C@H](C(=O)N1CC[C@H]2CCCN(CCc3ccccc3)C[C@H]21)c1ccccc1. The van der Waals surface area contributed by atoms with Gasteiger partial charge in [0, 0.05) is 25.7 Å². The number of fused-ring (bicyclic) bond motifs is 1. The molecule has 2 fully saturated rings. The molecule has 4 atom stereocenters. The van der Waals surface area contributed by atoms with Crippen LogP contribution in [0.15, 0.2) is 60.7 Å². The Labute approximate surface area is 203 Å². The Kier molecular flexibility index (Phi) is 8.35. The number of hydrogen-bond acceptors (Lipinski definition) is 4. The molecule has 182 valence electrons. The average Bonchev–Trinajstić information content (AvgIpc) is 3.16. The Hall–Kier alpha value is -2.70. The van der Waals surface area contributed by atoms with Crippen LogP contribution in [0.25, 0.3) is 0 Å². The number of likely N-dealkylation sites (tertiary alicyclic amines) is 2. The van der Waals surface area contributed by atoms with Gasteiger partial charge in [-0.25, -0.2) is 0 Å². The van der Waals surface area contributed by atoms with Crippen molar-refractivity contribution < 1.29 is 9.59 Å². The topological polar surface area (TPSA) is 64.7 Å². The zero-order valence-corrected chi connectivity index (χ0v) is 20.5. The summed E-state index contributed by atoms with van der Waals surface area (Å²) in [7, 11) is 1.75. The lowest BCUT2D eigenvalue weighted by Gasteiger charge is -2.34. The molecule has 6 nitrogen and oxygen atoms in total. The van der Waals surface area contributed by atoms with E-state index in [0.717, 1.165) is 51.0 Å². The van der Waals surface area contributed by atoms with Crippen LogP contribution >= 0.6 is 0 Å². The predicted molar refractivity (Wildman–Crippen MR) is 135 cm³/mol. The summed E-state index contributed by atoms with van der Waals surface area (Å²) in [4.78, 5) is 31.2. The minimum Gasteiger partial charge on any atom is -0.339 e. The van der Waals surface area contributed by atoms with Crippen LogP contribution in [0.1, 0.15) is 43.4 Å². The molecule has 2 aromatic carbocycles. The first kappa shape index (κ1) is 24.4. The molecule has 0 aromatic heterocycles. The van der Waals surface area contributed by atoms with Crippen LogP contribution in [0.3, 0.4) is 0 Å². The molecule has 2 aromatic rings. The monoisotopic (exact) mass is 462 g/mol. The van der Waals surface area contributed by atoms with Gasteiger partial charge in [-0.15, -0.1) is 0 Å². The van der Waals surface area contributed by atoms with Crippen molar-refractivity contribution >= 4 is 11.8 Å². The van der Waals surface area contributed by atoms with Crippen LogP contribution < -0.4 is 10.6 Å². The van der Waals surface area contributed by atoms with Gasteiger partial charge in [0.1, 0.15) is 6.04 Å². The zero-order chi connectivity index (χ0) is 23.9. The van der Waals surface area contributed by atoms with Gasteiger partial charge in [-0.3, -0.25) is 9.59 Å². The van der Waals surface area contributed by atoms with Crippen LogP contribution in [0, 0.1) is 5.92 Å². The molecule has 0 saturated carbocycles. The fourth-order valence-corrected chi connectivity index (χ4v) is 5.34. The maximum absolute atomic E-state index is 13.9. The minimum absolute atomic E-state index is 0.0141. The van der Waals surface area contributed by atoms with Crippen LogP contribution in [0.2, 0.25) is 0 Å². The Bertz CT molecular complexity index is 936. The minimum atomic E-state index is -0.663. The van der Waals surface area contributed by atoms with E-state index in [-0.39, 0.29) is 23.9 Å². The molecule has 2 saturated heterocycles. The Morgan fingerprint density at radius 1 is 1.00 bits per heavy atom. The lowest BCUT2D eigenvalue weighted by molar-refractivity contribution is -0.138. The van der Waals surface area contributed by atoms with Gasteiger partial charge < -0.3 is 20.4 Å². The Morgan fingerprint density at radius 2 is 1.71 bits per heavy atom. The molecule has 0 aliphatic carbocycles. The van der Waals surface area contributed by atoms with Crippen molar-refractivity contribution in [3.8, 4) is 0 Å². The fraction of sp³-hybridized carbons (Fsp3) is 0.500. The first-order valence-electron chi connectivity index (χ1n) is 12.7. The van der Waals surface area contributed by atoms with Crippen molar-refractivity contribution in [2.24, 2.45) is 5.92 Å². The smallest absolute Gasteiger partial charge is 0.250 e. The number of carbonyl (C=O) groups excluding carboxylic acids is 2. The second-order valence-corrected chi connectivity index (χ2v) is 9.69. The number of amides is 2. The van der Waals surface area contributed by atoms with Gasteiger partial charge in [-0.1, -0.05) is 60.7 Å². The number of nitrogens with one attached hydrogen (secondary N) is 2. The molecule has 2 N–H and O–H groups in total. The second-order valence-electron chi connectivity index (χ2n) is 9.69. The highest BCUT2D eigenvalue weighted by molar-refractivity contribution is 5.90. The largest absolute Gasteiger partial charge is 0.339 e. The summed E-state index contributed by atoms with van der Waals surface area (Å²) in [6.07, 6.45) is 4.41. The van der Waals surface area contributed by atoms with Gasteiger partial charge in [0.25, 0.3) is 0 Å². The average molecular weight is 463 g/mol. The first-order chi connectivity index (χ1) is 16.6. The normalized spacial score (nSPS) is 22.5. The lowest BCUT2D eigenvalue weighted by atomic mass is 9.96. The van der Waals surface area contributed by atoms with Crippen molar-refractivity contribution in [3.05, 3.63) is 71.8 Å². The van der Waals surface area contributed by atoms with Crippen LogP contribution in [0.5, 0.6) is 0 Å². The van der Waals surface area contributed by atoms with E-state index in [2.05, 4.69) is 50.8 Å². The molecular weight excluding hydrogens is 424 g/mol. The van der Waals surface area contributed by atoms with Gasteiger partial charge in [-0.2, -0.15) is 0 Å². The summed E-state index contributed by atoms with van der Waals surface area (Å²) in [5.41, 5.74) is 2.19. The lowest BCUT2D eigenvalue weighted by Crippen LogP contribution is -2.51. The molecule has 34 heavy (non-hydrogen) atoms. The Morgan fingerprint density at radius 3 is 2.41 bits per heavy atom. The number of likely N-dealkylation sites (N-methyl/N-ethyl adjacent to an activating group) is 1. The number of carbonyl (C=O) groups is 2. The van der Waals surface area contributed by atoms with Crippen LogP contribution in [-0.4, -0.2) is 66.9 Å². The van der Waals surface area contributed by atoms with Gasteiger partial charge in [0.05, 0.1) is 6.04 Å². The van der Waals surface area contributed by atoms with Crippen molar-refractivity contribution in [3.63, 3.8) is 0 Å². The van der Waals surface area contributed by atoms with Gasteiger partial charge in [-0.05, 0) is 63.2 Å². The zero-order valence-electron chi connectivity index (χ0n) is 20.5. The number of nitrogens with zero attached hydrogens (tertiary/aromatic N) is 2. The maximum Gasteiger partial charge on any atom is 0.250 e. The molecule has 0 radical (unpaired) electrons. The second kappa shape index (κ2) is 11.6. The molecule has 0 unspecified atom stereocenters. The van der Waals surface area contributed by atoms with E-state index in [0.29, 0.717) is 5.92 Å². The van der Waals surface area contributed by atoms with Gasteiger partial charge >= 0.3 is 0 Å². The third-order valence-electron chi connectivity index (χ3n) is 7.52. The molecule has 6 heteroatoms. The molecule has 2 amide bonds. The van der Waals surface area contributed by atoms with E-state index in [1.807, 2.05) is 37.3 Å². The summed E-state index contributed by atoms with van der Waals surface area (Å²) in [6, 6.07) is 19.4. The molecule has 2 heterocycles. The maximum atomic E-state index is 13.9. The van der Waals surface area contributed by atoms with Crippen LogP contribution in [0.4, 0.5) is 0 Å². The van der Waals surface area contributed by atoms with Crippen molar-refractivity contribution in [2.45, 2.75) is 50.7 Å². The van der Waals surface area contributed by atoms with E-state index in [4.69, 9.17) is 0 Å². The third kappa shape index (κ3) is 5.86. The molecular formula is C28H38N4O2. The quantitative estimate of drug-likeness (QED) is 0.633. The Balaban J connectivity index is 1.49. The third-order valence-corrected chi connectivity index (χ3v) is 7.52. The number of benzene rings is 2. The fourth-order valence-electron chi connectivity index (χ4n) is 5.34. The molecule has 2 aliphatic rings. The summed E-state index contributed by atoms with van der Waals surface area (Å²) < 4.78 is 0. The highest BCUT2D eigenvalue weighted by atomic mass is 16.2. The molecule has 4 rings (SSSR count). The molecule has 2 aliphatic heterocycles. The number of rotatable bonds is 8. The van der Waals surface area contributed by atoms with Crippen molar-refractivity contribution in [1.29, 1.82) is 0 Å². The van der Waals surface area contributed by atoms with E-state index in [9.17, 15) is 9.59 Å². The standard InChI is InChI=1S/C28H38N4O2/c1-21(29-2)27(33)30-26(24-12-7-4-8-13-24)28(34)32-19-16-23-14-9-17-31(20-25(23)32)18-15-22-10-5-3-6-11-22/h3-8,10-13,21,23,25-26,29H,9,14-20H2,1-2H3,(H,30,33)/t21-,23+,25+,26-/m0/s1. The van der Waals surface area contributed by atoms with E-state index in [1.165, 1.54) is 12.0 Å². The van der Waals surface area contributed by atoms with Crippen LogP contribution in [-0.2, 0) is 16.0 Å². The van der Waals surface area contributed by atoms with E-state index < -0.39 is 6.04 Å². The van der Waals surface area contributed by atoms with E-state index in [1.54, 1.807) is 7.05 Å². The highest BCUT2D eigenvalue weighted by Gasteiger charge is 2.41. The van der Waals surface area contributed by atoms with Crippen molar-refractivity contribution in [2.75, 3.05) is 33.2 Å². The summed E-state index contributed by atoms with van der Waals surface area (Å²) in [5, 5.41) is 6.00. The van der Waals surface area contributed by atoms with E-state index >= 15 is 0 Å². The predicted octanol–water partition coefficient (Wildman–Crippen LogP) is 3.01. The first-order valence-corrected chi connectivity index (χ1v) is 12.7. The van der Waals surface area contributed by atoms with Gasteiger partial charge in [0.15, 0.2) is 0 Å². The molecule has 0 bridgehead atoms. The summed E-state index contributed by atoms with van der Waals surface area (Å²) >= 11 is 0. The number of hydrogen-bond donors (Lipinski definition) is 2. The molecule has 0 spiro atoms.